The molecule has 0 radical (unpaired) electrons. The molecule has 0 aliphatic rings. The fourth-order valence-corrected chi connectivity index (χ4v) is 0. The van der Waals surface area contributed by atoms with E-state index >= 15 is 0 Å². The van der Waals surface area contributed by atoms with Gasteiger partial charge in [0.2, 0.25) is 0 Å². The molecule has 0 heterocycles. The zero-order chi connectivity index (χ0) is 5.15. The molecule has 3 heteroatoms. The quantitative estimate of drug-likeness (QED) is 0.575. The van der Waals surface area contributed by atoms with E-state index in [2.05, 4.69) is 13.2 Å². The summed E-state index contributed by atoms with van der Waals surface area (Å²) >= 11 is 10.4. The molecule has 42 valence electrons. The summed E-state index contributed by atoms with van der Waals surface area (Å²) in [5, 5.41) is 0.605. The maximum atomic E-state index is 5.19. The third-order valence-electron chi connectivity index (χ3n) is 0.294. The van der Waals surface area contributed by atoms with E-state index < -0.39 is 0 Å². The molecule has 7 heavy (non-hydrogen) atoms. The van der Waals surface area contributed by atoms with Crippen molar-refractivity contribution >= 4 is 40.2 Å². The molecule has 0 saturated heterocycles. The number of hydrogen-bond donors (Lipinski definition) is 0. The van der Waals surface area contributed by atoms with Gasteiger partial charge in [-0.05, 0) is 0 Å². The predicted molar refractivity (Wildman–Crippen MR) is 40.3 cm³/mol. The first kappa shape index (κ1) is 10.5. The van der Waals surface area contributed by atoms with Gasteiger partial charge in [0, 0.05) is 0 Å². The minimum absolute atomic E-state index is 0. The first-order valence-corrected chi connectivity index (χ1v) is 2.09. The highest BCUT2D eigenvalue weighted by molar-refractivity contribution is 8.93. The van der Waals surface area contributed by atoms with E-state index in [0.717, 1.165) is 0 Å². The van der Waals surface area contributed by atoms with Crippen LogP contribution in [0.2, 0.25) is 0 Å². The molecule has 0 aromatic heterocycles. The summed E-state index contributed by atoms with van der Waals surface area (Å²) < 4.78 is 0. The minimum atomic E-state index is 0. The van der Waals surface area contributed by atoms with Crippen LogP contribution in [-0.2, 0) is 0 Å². The largest absolute Gasteiger partial charge is 0.114 e. The van der Waals surface area contributed by atoms with Crippen LogP contribution in [0.4, 0.5) is 0 Å². The molecular weight excluding hydrogens is 199 g/mol. The maximum Gasteiger partial charge on any atom is 0.0514 e. The van der Waals surface area contributed by atoms with Gasteiger partial charge < -0.3 is 0 Å². The van der Waals surface area contributed by atoms with Gasteiger partial charge in [0.05, 0.1) is 10.1 Å². The molecule has 0 amide bonds. The first-order chi connectivity index (χ1) is 2.64. The van der Waals surface area contributed by atoms with Crippen LogP contribution in [0.1, 0.15) is 0 Å². The number of halogens is 3. The molecule has 0 fully saturated rings. The number of allylic oxidation sites excluding steroid dienone is 2. The van der Waals surface area contributed by atoms with Gasteiger partial charge in [-0.1, -0.05) is 36.4 Å². The lowest BCUT2D eigenvalue weighted by atomic mass is 10.6. The zero-order valence-electron chi connectivity index (χ0n) is 3.58. The van der Waals surface area contributed by atoms with Crippen LogP contribution in [0.15, 0.2) is 23.2 Å². The fourth-order valence-electron chi connectivity index (χ4n) is 0. The van der Waals surface area contributed by atoms with E-state index in [4.69, 9.17) is 23.2 Å². The molecule has 0 atom stereocenters. The molecule has 0 bridgehead atoms. The van der Waals surface area contributed by atoms with Gasteiger partial charge in [-0.15, -0.1) is 17.0 Å². The Kier molecular flexibility index (Phi) is 7.04. The summed E-state index contributed by atoms with van der Waals surface area (Å²) in [5.41, 5.74) is 0. The average molecular weight is 204 g/mol. The summed E-state index contributed by atoms with van der Waals surface area (Å²) in [7, 11) is 0. The van der Waals surface area contributed by atoms with Crippen molar-refractivity contribution in [1.82, 2.24) is 0 Å². The lowest BCUT2D eigenvalue weighted by molar-refractivity contribution is 1.94. The van der Waals surface area contributed by atoms with Crippen molar-refractivity contribution < 1.29 is 0 Å². The van der Waals surface area contributed by atoms with Gasteiger partial charge in [-0.3, -0.25) is 0 Å². The lowest BCUT2D eigenvalue weighted by Crippen LogP contribution is -1.57. The third kappa shape index (κ3) is 6.54. The van der Waals surface area contributed by atoms with Crippen molar-refractivity contribution in [2.75, 3.05) is 0 Å². The molecule has 0 saturated carbocycles. The topological polar surface area (TPSA) is 0 Å². The lowest BCUT2D eigenvalue weighted by Gasteiger charge is -1.81. The second kappa shape index (κ2) is 4.69. The summed E-state index contributed by atoms with van der Waals surface area (Å²) in [5.74, 6) is 0. The highest BCUT2D eigenvalue weighted by Crippen LogP contribution is 2.12. The SMILES string of the molecule is Br.C=C(Cl)C(=C)Cl. The maximum absolute atomic E-state index is 5.19. The molecule has 0 aromatic rings. The molecular formula is C4H5BrCl2. The Hall–Kier alpha value is 0.540. The highest BCUT2D eigenvalue weighted by atomic mass is 79.9. The van der Waals surface area contributed by atoms with Crippen molar-refractivity contribution in [3.63, 3.8) is 0 Å². The summed E-state index contributed by atoms with van der Waals surface area (Å²) in [6, 6.07) is 0. The Morgan fingerprint density at radius 1 is 1.00 bits per heavy atom. The van der Waals surface area contributed by atoms with Gasteiger partial charge in [-0.2, -0.15) is 0 Å². The van der Waals surface area contributed by atoms with E-state index in [1.807, 2.05) is 0 Å². The molecule has 0 rings (SSSR count). The summed E-state index contributed by atoms with van der Waals surface area (Å²) in [6.07, 6.45) is 0. The van der Waals surface area contributed by atoms with E-state index in [0.29, 0.717) is 10.1 Å². The Morgan fingerprint density at radius 2 is 1.14 bits per heavy atom. The van der Waals surface area contributed by atoms with E-state index in [9.17, 15) is 0 Å². The van der Waals surface area contributed by atoms with Crippen molar-refractivity contribution in [3.8, 4) is 0 Å². The van der Waals surface area contributed by atoms with Gasteiger partial charge in [-0.25, -0.2) is 0 Å². The molecule has 0 unspecified atom stereocenters. The van der Waals surface area contributed by atoms with Crippen molar-refractivity contribution in [3.05, 3.63) is 23.2 Å². The third-order valence-corrected chi connectivity index (χ3v) is 0.847. The standard InChI is InChI=1S/C4H4Cl2.BrH/c1-3(5)4(2)6;/h1-2H2;1H. The molecule has 0 nitrogen and oxygen atoms in total. The zero-order valence-corrected chi connectivity index (χ0v) is 6.80. The summed E-state index contributed by atoms with van der Waals surface area (Å²) in [4.78, 5) is 0. The van der Waals surface area contributed by atoms with Crippen molar-refractivity contribution in [2.24, 2.45) is 0 Å². The molecule has 0 spiro atoms. The number of rotatable bonds is 1. The average Bonchev–Trinajstić information content (AvgIpc) is 1.36. The van der Waals surface area contributed by atoms with E-state index in [1.54, 1.807) is 0 Å². The monoisotopic (exact) mass is 202 g/mol. The van der Waals surface area contributed by atoms with Crippen LogP contribution in [0, 0.1) is 0 Å². The minimum Gasteiger partial charge on any atom is -0.114 e. The second-order valence-electron chi connectivity index (χ2n) is 0.810. The Labute approximate surface area is 63.6 Å². The Bertz CT molecular complexity index is 75.7. The van der Waals surface area contributed by atoms with Crippen molar-refractivity contribution in [1.29, 1.82) is 0 Å². The summed E-state index contributed by atoms with van der Waals surface area (Å²) in [6.45, 7) is 6.58. The predicted octanol–water partition coefficient (Wildman–Crippen LogP) is 3.07. The van der Waals surface area contributed by atoms with Crippen LogP contribution < -0.4 is 0 Å². The Morgan fingerprint density at radius 3 is 1.14 bits per heavy atom. The molecule has 0 N–H and O–H groups in total. The van der Waals surface area contributed by atoms with Gasteiger partial charge in [0.1, 0.15) is 0 Å². The normalized spacial score (nSPS) is 6.57. The van der Waals surface area contributed by atoms with Crippen LogP contribution >= 0.6 is 40.2 Å². The van der Waals surface area contributed by atoms with Gasteiger partial charge in [0.15, 0.2) is 0 Å². The van der Waals surface area contributed by atoms with E-state index in [1.165, 1.54) is 0 Å². The van der Waals surface area contributed by atoms with Crippen LogP contribution in [0.3, 0.4) is 0 Å². The fraction of sp³-hybridized carbons (Fsp3) is 0. The first-order valence-electron chi connectivity index (χ1n) is 1.34. The highest BCUT2D eigenvalue weighted by Gasteiger charge is 1.84. The van der Waals surface area contributed by atoms with Gasteiger partial charge >= 0.3 is 0 Å². The van der Waals surface area contributed by atoms with Crippen molar-refractivity contribution in [2.45, 2.75) is 0 Å². The molecule has 0 aliphatic carbocycles. The van der Waals surface area contributed by atoms with E-state index in [-0.39, 0.29) is 17.0 Å². The smallest absolute Gasteiger partial charge is 0.0514 e. The van der Waals surface area contributed by atoms with Crippen LogP contribution in [0.5, 0.6) is 0 Å². The Balaban J connectivity index is 0. The van der Waals surface area contributed by atoms with Gasteiger partial charge in [0.25, 0.3) is 0 Å². The molecule has 0 aliphatic heterocycles. The second-order valence-corrected chi connectivity index (χ2v) is 1.72. The van der Waals surface area contributed by atoms with Crippen LogP contribution in [-0.4, -0.2) is 0 Å². The number of hydrogen-bond acceptors (Lipinski definition) is 0. The molecule has 0 aromatic carbocycles. The van der Waals surface area contributed by atoms with Crippen LogP contribution in [0.25, 0.3) is 0 Å².